The lowest BCUT2D eigenvalue weighted by molar-refractivity contribution is -0.150. The Kier molecular flexibility index (Phi) is 4.74. The number of ether oxygens (including phenoxy) is 2. The van der Waals surface area contributed by atoms with Crippen LogP contribution in [0.5, 0.6) is 0 Å². The Bertz CT molecular complexity index is 229. The number of rotatable bonds is 3. The molecule has 0 saturated carbocycles. The molecule has 94 valence electrons. The van der Waals surface area contributed by atoms with Crippen molar-refractivity contribution in [1.29, 1.82) is 0 Å². The van der Waals surface area contributed by atoms with Crippen LogP contribution >= 0.6 is 0 Å². The number of nitrogens with two attached hydrogens (primary N) is 1. The number of carbonyl (C=O) groups excluding carboxylic acids is 1. The van der Waals surface area contributed by atoms with Crippen molar-refractivity contribution in [3.63, 3.8) is 0 Å². The van der Waals surface area contributed by atoms with E-state index in [4.69, 9.17) is 15.2 Å². The largest absolute Gasteiger partial charge is 0.464 e. The van der Waals surface area contributed by atoms with Gasteiger partial charge in [0.05, 0.1) is 6.61 Å². The van der Waals surface area contributed by atoms with Crippen LogP contribution in [0.3, 0.4) is 0 Å². The predicted octanol–water partition coefficient (Wildman–Crippen LogP) is 1.33. The smallest absolute Gasteiger partial charge is 0.323 e. The molecule has 0 radical (unpaired) electrons. The van der Waals surface area contributed by atoms with E-state index in [0.29, 0.717) is 12.5 Å². The van der Waals surface area contributed by atoms with Crippen molar-refractivity contribution in [2.75, 3.05) is 19.8 Å². The molecule has 0 aromatic rings. The van der Waals surface area contributed by atoms with E-state index < -0.39 is 6.04 Å². The molecule has 1 atom stereocenters. The summed E-state index contributed by atoms with van der Waals surface area (Å²) in [6, 6.07) is -0.549. The summed E-state index contributed by atoms with van der Waals surface area (Å²) in [5.41, 5.74) is 5.57. The van der Waals surface area contributed by atoms with Gasteiger partial charge in [-0.25, -0.2) is 0 Å². The van der Waals surface area contributed by atoms with E-state index in [1.54, 1.807) is 0 Å². The van der Waals surface area contributed by atoms with Crippen molar-refractivity contribution in [2.45, 2.75) is 39.7 Å². The van der Waals surface area contributed by atoms with Crippen molar-refractivity contribution in [3.05, 3.63) is 0 Å². The van der Waals surface area contributed by atoms with Crippen LogP contribution in [0.2, 0.25) is 0 Å². The van der Waals surface area contributed by atoms with Crippen molar-refractivity contribution in [1.82, 2.24) is 0 Å². The lowest BCUT2D eigenvalue weighted by Crippen LogP contribution is -2.43. The Hall–Kier alpha value is -0.610. The maximum Gasteiger partial charge on any atom is 0.323 e. The Morgan fingerprint density at radius 2 is 2.00 bits per heavy atom. The van der Waals surface area contributed by atoms with Crippen LogP contribution in [0.1, 0.15) is 33.6 Å². The van der Waals surface area contributed by atoms with Crippen molar-refractivity contribution in [3.8, 4) is 0 Å². The van der Waals surface area contributed by atoms with Gasteiger partial charge in [0.1, 0.15) is 6.04 Å². The van der Waals surface area contributed by atoms with Crippen LogP contribution in [-0.4, -0.2) is 31.8 Å². The Morgan fingerprint density at radius 3 is 2.50 bits per heavy atom. The molecule has 1 heterocycles. The van der Waals surface area contributed by atoms with Gasteiger partial charge in [-0.1, -0.05) is 20.8 Å². The summed E-state index contributed by atoms with van der Waals surface area (Å²) in [4.78, 5) is 11.7. The van der Waals surface area contributed by atoms with E-state index >= 15 is 0 Å². The standard InChI is InChI=1S/C12H23NO3/c1-12(2,3)10(13)11(14)16-8-9-4-6-15-7-5-9/h9-10H,4-8,13H2,1-3H3/t10-/m0/s1. The molecule has 0 amide bonds. The summed E-state index contributed by atoms with van der Waals surface area (Å²) in [7, 11) is 0. The van der Waals surface area contributed by atoms with Gasteiger partial charge < -0.3 is 15.2 Å². The normalized spacial score (nSPS) is 20.5. The Balaban J connectivity index is 2.29. The van der Waals surface area contributed by atoms with Gasteiger partial charge in [-0.05, 0) is 24.2 Å². The second kappa shape index (κ2) is 5.64. The molecule has 0 bridgehead atoms. The predicted molar refractivity (Wildman–Crippen MR) is 61.9 cm³/mol. The van der Waals surface area contributed by atoms with Crippen molar-refractivity contribution >= 4 is 5.97 Å². The number of hydrogen-bond acceptors (Lipinski definition) is 4. The molecule has 1 rings (SSSR count). The molecule has 4 nitrogen and oxygen atoms in total. The van der Waals surface area contributed by atoms with Gasteiger partial charge in [0, 0.05) is 13.2 Å². The van der Waals surface area contributed by atoms with E-state index in [0.717, 1.165) is 26.1 Å². The molecular formula is C12H23NO3. The quantitative estimate of drug-likeness (QED) is 0.742. The first-order valence-corrected chi connectivity index (χ1v) is 5.91. The molecule has 1 fully saturated rings. The highest BCUT2D eigenvalue weighted by Crippen LogP contribution is 2.20. The molecule has 1 saturated heterocycles. The molecule has 1 aliphatic heterocycles. The fraction of sp³-hybridized carbons (Fsp3) is 0.917. The van der Waals surface area contributed by atoms with Crippen LogP contribution in [0.25, 0.3) is 0 Å². The fourth-order valence-corrected chi connectivity index (χ4v) is 1.56. The minimum atomic E-state index is -0.549. The molecule has 0 unspecified atom stereocenters. The molecule has 0 aromatic carbocycles. The van der Waals surface area contributed by atoms with Crippen LogP contribution in [0, 0.1) is 11.3 Å². The van der Waals surface area contributed by atoms with Gasteiger partial charge in [0.2, 0.25) is 0 Å². The second-order valence-corrected chi connectivity index (χ2v) is 5.53. The number of carbonyl (C=O) groups is 1. The highest BCUT2D eigenvalue weighted by atomic mass is 16.5. The lowest BCUT2D eigenvalue weighted by Gasteiger charge is -2.27. The minimum absolute atomic E-state index is 0.243. The summed E-state index contributed by atoms with van der Waals surface area (Å²) in [6.45, 7) is 7.83. The zero-order chi connectivity index (χ0) is 12.2. The Labute approximate surface area is 97.5 Å². The van der Waals surface area contributed by atoms with E-state index in [-0.39, 0.29) is 11.4 Å². The summed E-state index contributed by atoms with van der Waals surface area (Å²) in [5, 5.41) is 0. The minimum Gasteiger partial charge on any atom is -0.464 e. The zero-order valence-corrected chi connectivity index (χ0v) is 10.5. The van der Waals surface area contributed by atoms with Gasteiger partial charge in [-0.2, -0.15) is 0 Å². The maximum absolute atomic E-state index is 11.7. The molecule has 0 aliphatic carbocycles. The van der Waals surface area contributed by atoms with Gasteiger partial charge in [0.25, 0.3) is 0 Å². The molecular weight excluding hydrogens is 206 g/mol. The highest BCUT2D eigenvalue weighted by Gasteiger charge is 2.29. The van der Waals surface area contributed by atoms with Crippen LogP contribution in [0.15, 0.2) is 0 Å². The monoisotopic (exact) mass is 229 g/mol. The van der Waals surface area contributed by atoms with Crippen molar-refractivity contribution < 1.29 is 14.3 Å². The fourth-order valence-electron chi connectivity index (χ4n) is 1.56. The molecule has 16 heavy (non-hydrogen) atoms. The topological polar surface area (TPSA) is 61.6 Å². The third-order valence-electron chi connectivity index (χ3n) is 2.99. The lowest BCUT2D eigenvalue weighted by atomic mass is 9.87. The van der Waals surface area contributed by atoms with E-state index in [1.807, 2.05) is 20.8 Å². The highest BCUT2D eigenvalue weighted by molar-refractivity contribution is 5.76. The summed E-state index contributed by atoms with van der Waals surface area (Å²) in [5.74, 6) is 0.142. The number of esters is 1. The zero-order valence-electron chi connectivity index (χ0n) is 10.5. The van der Waals surface area contributed by atoms with Crippen molar-refractivity contribution in [2.24, 2.45) is 17.1 Å². The van der Waals surface area contributed by atoms with E-state index in [9.17, 15) is 4.79 Å². The molecule has 4 heteroatoms. The van der Waals surface area contributed by atoms with Gasteiger partial charge in [-0.3, -0.25) is 4.79 Å². The average molecular weight is 229 g/mol. The Morgan fingerprint density at radius 1 is 1.44 bits per heavy atom. The SMILES string of the molecule is CC(C)(C)[C@@H](N)C(=O)OCC1CCOCC1. The molecule has 1 aliphatic rings. The van der Waals surface area contributed by atoms with E-state index in [1.165, 1.54) is 0 Å². The first-order valence-electron chi connectivity index (χ1n) is 5.91. The molecule has 2 N–H and O–H groups in total. The maximum atomic E-state index is 11.7. The summed E-state index contributed by atoms with van der Waals surface area (Å²) < 4.78 is 10.5. The van der Waals surface area contributed by atoms with Crippen LogP contribution < -0.4 is 5.73 Å². The summed E-state index contributed by atoms with van der Waals surface area (Å²) in [6.07, 6.45) is 1.94. The van der Waals surface area contributed by atoms with Crippen LogP contribution in [-0.2, 0) is 14.3 Å². The first-order chi connectivity index (χ1) is 7.41. The third-order valence-corrected chi connectivity index (χ3v) is 2.99. The second-order valence-electron chi connectivity index (χ2n) is 5.53. The van der Waals surface area contributed by atoms with Gasteiger partial charge >= 0.3 is 5.97 Å². The first kappa shape index (κ1) is 13.5. The average Bonchev–Trinajstić information content (AvgIpc) is 2.25. The van der Waals surface area contributed by atoms with Crippen LogP contribution in [0.4, 0.5) is 0 Å². The van der Waals surface area contributed by atoms with Gasteiger partial charge in [0.15, 0.2) is 0 Å². The summed E-state index contributed by atoms with van der Waals surface area (Å²) >= 11 is 0. The third kappa shape index (κ3) is 4.10. The molecule has 0 spiro atoms. The number of hydrogen-bond donors (Lipinski definition) is 1. The van der Waals surface area contributed by atoms with Gasteiger partial charge in [-0.15, -0.1) is 0 Å². The molecule has 0 aromatic heterocycles. The van der Waals surface area contributed by atoms with E-state index in [2.05, 4.69) is 0 Å².